The molecular formula is C35H46N9OP. The fourth-order valence-electron chi connectivity index (χ4n) is 6.59. The average molecular weight is 640 g/mol. The molecule has 2 fully saturated rings. The van der Waals surface area contributed by atoms with Crippen LogP contribution in [0.25, 0.3) is 17.1 Å². The second-order valence-electron chi connectivity index (χ2n) is 12.4. The number of likely N-dealkylation sites (N-methyl/N-ethyl adjacent to an activating group) is 1. The van der Waals surface area contributed by atoms with Crippen molar-refractivity contribution in [2.24, 2.45) is 0 Å². The Bertz CT molecular complexity index is 1680. The minimum absolute atomic E-state index is 0.336. The highest BCUT2D eigenvalue weighted by atomic mass is 31.1. The van der Waals surface area contributed by atoms with Gasteiger partial charge in [-0.05, 0) is 56.2 Å². The molecule has 2 aliphatic heterocycles. The highest BCUT2D eigenvalue weighted by Gasteiger charge is 2.28. The van der Waals surface area contributed by atoms with Gasteiger partial charge in [0.15, 0.2) is 0 Å². The van der Waals surface area contributed by atoms with Crippen LogP contribution >= 0.6 is 8.58 Å². The first-order valence-corrected chi connectivity index (χ1v) is 17.7. The number of benzene rings is 2. The zero-order valence-corrected chi connectivity index (χ0v) is 28.7. The molecule has 11 heteroatoms. The van der Waals surface area contributed by atoms with Crippen LogP contribution < -0.4 is 25.6 Å². The summed E-state index contributed by atoms with van der Waals surface area (Å²) in [4.78, 5) is 26.3. The van der Waals surface area contributed by atoms with E-state index in [1.807, 2.05) is 12.1 Å². The van der Waals surface area contributed by atoms with E-state index in [1.165, 1.54) is 50.3 Å². The van der Waals surface area contributed by atoms with E-state index >= 15 is 0 Å². The molecule has 1 unspecified atom stereocenters. The molecule has 0 bridgehead atoms. The van der Waals surface area contributed by atoms with Crippen LogP contribution in [-0.4, -0.2) is 95.9 Å². The smallest absolute Gasteiger partial charge is 0.229 e. The number of nitrogens with one attached hydrogen (secondary N) is 2. The van der Waals surface area contributed by atoms with Crippen molar-refractivity contribution < 1.29 is 4.74 Å². The van der Waals surface area contributed by atoms with Gasteiger partial charge in [0, 0.05) is 92.2 Å². The predicted molar refractivity (Wildman–Crippen MR) is 193 cm³/mol. The van der Waals surface area contributed by atoms with Crippen LogP contribution in [0.3, 0.4) is 0 Å². The van der Waals surface area contributed by atoms with Gasteiger partial charge < -0.3 is 25.2 Å². The van der Waals surface area contributed by atoms with E-state index in [0.717, 1.165) is 52.1 Å². The van der Waals surface area contributed by atoms with Crippen molar-refractivity contribution in [3.63, 3.8) is 0 Å². The van der Waals surface area contributed by atoms with Crippen molar-refractivity contribution >= 4 is 59.8 Å². The molecule has 2 aliphatic rings. The van der Waals surface area contributed by atoms with E-state index < -0.39 is 0 Å². The Hall–Kier alpha value is -3.85. The molecule has 1 atom stereocenters. The first-order chi connectivity index (χ1) is 22.4. The number of rotatable bonds is 10. The lowest BCUT2D eigenvalue weighted by atomic mass is 9.96. The number of piperidine rings is 1. The number of aromatic nitrogens is 4. The van der Waals surface area contributed by atoms with E-state index in [9.17, 15) is 0 Å². The molecule has 242 valence electrons. The van der Waals surface area contributed by atoms with Crippen LogP contribution in [-0.2, 0) is 0 Å². The Kier molecular flexibility index (Phi) is 9.97. The van der Waals surface area contributed by atoms with Crippen LogP contribution in [0, 0.1) is 0 Å². The maximum Gasteiger partial charge on any atom is 0.229 e. The Morgan fingerprint density at radius 3 is 2.43 bits per heavy atom. The third-order valence-corrected chi connectivity index (χ3v) is 10.3. The Morgan fingerprint density at radius 1 is 0.978 bits per heavy atom. The van der Waals surface area contributed by atoms with E-state index in [4.69, 9.17) is 9.72 Å². The minimum Gasteiger partial charge on any atom is -0.494 e. The van der Waals surface area contributed by atoms with Crippen LogP contribution in [0.4, 0.5) is 28.8 Å². The van der Waals surface area contributed by atoms with Crippen LogP contribution in [0.5, 0.6) is 5.75 Å². The van der Waals surface area contributed by atoms with Crippen LogP contribution in [0.15, 0.2) is 49.4 Å². The van der Waals surface area contributed by atoms with Crippen molar-refractivity contribution in [1.82, 2.24) is 29.7 Å². The molecule has 0 saturated carbocycles. The number of hydrogen-bond acceptors (Lipinski definition) is 10. The number of anilines is 5. The molecule has 6 rings (SSSR count). The van der Waals surface area contributed by atoms with Gasteiger partial charge in [0.05, 0.1) is 23.8 Å². The lowest BCUT2D eigenvalue weighted by Gasteiger charge is -2.43. The second-order valence-corrected chi connectivity index (χ2v) is 13.4. The van der Waals surface area contributed by atoms with Gasteiger partial charge in [-0.3, -0.25) is 14.9 Å². The number of fused-ring (bicyclic) bond motifs is 1. The van der Waals surface area contributed by atoms with Crippen molar-refractivity contribution in [3.8, 4) is 5.75 Å². The fraction of sp³-hybridized carbons (Fsp3) is 0.429. The van der Waals surface area contributed by atoms with Gasteiger partial charge in [0.1, 0.15) is 11.6 Å². The van der Waals surface area contributed by atoms with Gasteiger partial charge >= 0.3 is 0 Å². The minimum atomic E-state index is 0.336. The summed E-state index contributed by atoms with van der Waals surface area (Å²) >= 11 is 0. The lowest BCUT2D eigenvalue weighted by Crippen LogP contribution is -2.52. The summed E-state index contributed by atoms with van der Waals surface area (Å²) in [5.41, 5.74) is 6.91. The Labute approximate surface area is 274 Å². The van der Waals surface area contributed by atoms with E-state index in [-0.39, 0.29) is 0 Å². The van der Waals surface area contributed by atoms with Crippen molar-refractivity contribution in [1.29, 1.82) is 0 Å². The fourth-order valence-corrected chi connectivity index (χ4v) is 7.43. The second kappa shape index (κ2) is 14.3. The predicted octanol–water partition coefficient (Wildman–Crippen LogP) is 5.83. The van der Waals surface area contributed by atoms with Gasteiger partial charge in [-0.25, -0.2) is 4.98 Å². The highest BCUT2D eigenvalue weighted by molar-refractivity contribution is 7.47. The molecule has 0 aliphatic carbocycles. The summed E-state index contributed by atoms with van der Waals surface area (Å²) in [5, 5.41) is 8.11. The zero-order chi connectivity index (χ0) is 32.2. The maximum atomic E-state index is 5.95. The third-order valence-electron chi connectivity index (χ3n) is 9.26. The first kappa shape index (κ1) is 32.1. The zero-order valence-electron chi connectivity index (χ0n) is 27.7. The summed E-state index contributed by atoms with van der Waals surface area (Å²) in [6.45, 7) is 17.4. The number of hydrogen-bond donors (Lipinski definition) is 2. The summed E-state index contributed by atoms with van der Waals surface area (Å²) < 4.78 is 5.95. The summed E-state index contributed by atoms with van der Waals surface area (Å²) in [5.74, 6) is 2.25. The van der Waals surface area contributed by atoms with Gasteiger partial charge in [0.2, 0.25) is 5.95 Å². The van der Waals surface area contributed by atoms with Gasteiger partial charge in [-0.1, -0.05) is 35.1 Å². The number of methoxy groups -OCH3 is 1. The lowest BCUT2D eigenvalue weighted by molar-refractivity contribution is 0.0982. The summed E-state index contributed by atoms with van der Waals surface area (Å²) in [6.07, 6.45) is 9.38. The third kappa shape index (κ3) is 6.80. The topological polar surface area (TPSA) is 94.6 Å². The molecule has 2 aromatic carbocycles. The normalized spacial score (nSPS) is 16.9. The molecule has 2 N–H and O–H groups in total. The molecule has 2 aromatic heterocycles. The summed E-state index contributed by atoms with van der Waals surface area (Å²) in [7, 11) is 4.47. The Balaban J connectivity index is 1.24. The highest BCUT2D eigenvalue weighted by Crippen LogP contribution is 2.39. The molecule has 4 heterocycles. The van der Waals surface area contributed by atoms with Crippen LogP contribution in [0.1, 0.15) is 43.7 Å². The van der Waals surface area contributed by atoms with Gasteiger partial charge in [-0.2, -0.15) is 4.98 Å². The Morgan fingerprint density at radius 2 is 1.74 bits per heavy atom. The molecule has 0 spiro atoms. The van der Waals surface area contributed by atoms with E-state index in [2.05, 4.69) is 86.6 Å². The molecule has 10 nitrogen and oxygen atoms in total. The van der Waals surface area contributed by atoms with Crippen molar-refractivity contribution in [2.75, 3.05) is 75.6 Å². The monoisotopic (exact) mass is 639 g/mol. The maximum absolute atomic E-state index is 5.95. The van der Waals surface area contributed by atoms with Crippen molar-refractivity contribution in [2.45, 2.75) is 38.6 Å². The molecule has 0 radical (unpaired) electrons. The SMILES string of the molecule is C=Cc1cnc(Nc2cc(C(C)C)c(N3CCC(N4CCN(C)CC4)CC3)cc2OC)nc1Nc1ccc2nccnc2c1PC. The largest absolute Gasteiger partial charge is 0.494 e. The first-order valence-electron chi connectivity index (χ1n) is 16.2. The molecule has 2 saturated heterocycles. The van der Waals surface area contributed by atoms with Crippen LogP contribution in [0.2, 0.25) is 0 Å². The molecule has 4 aromatic rings. The van der Waals surface area contributed by atoms with E-state index in [0.29, 0.717) is 32.3 Å². The standard InChI is InChI=1S/C35H46N9OP/c1-7-24-22-38-35(41-34(24)39-28-9-8-27-32(33(28)46-6)37-13-12-36-27)40-29-20-26(23(2)3)30(21-31(29)45-5)44-14-10-25(11-15-44)43-18-16-42(4)17-19-43/h7-9,12-13,20-23,25,46H,1,10-11,14-19H2,2-6H3,(H2,38,39,40,41). The van der Waals surface area contributed by atoms with Gasteiger partial charge in [0.25, 0.3) is 0 Å². The van der Waals surface area contributed by atoms with E-state index in [1.54, 1.807) is 31.8 Å². The molecule has 0 amide bonds. The number of ether oxygens (including phenoxy) is 1. The quantitative estimate of drug-likeness (QED) is 0.207. The molecular weight excluding hydrogens is 593 g/mol. The van der Waals surface area contributed by atoms with Crippen molar-refractivity contribution in [3.05, 3.63) is 60.6 Å². The summed E-state index contributed by atoms with van der Waals surface area (Å²) in [6, 6.07) is 9.09. The van der Waals surface area contributed by atoms with Gasteiger partial charge in [-0.15, -0.1) is 0 Å². The number of nitrogens with zero attached hydrogens (tertiary/aromatic N) is 7. The number of piperazine rings is 1. The molecule has 46 heavy (non-hydrogen) atoms. The average Bonchev–Trinajstić information content (AvgIpc) is 3.08.